The highest BCUT2D eigenvalue weighted by Crippen LogP contribution is 2.26. The predicted molar refractivity (Wildman–Crippen MR) is 91.8 cm³/mol. The van der Waals surface area contributed by atoms with Crippen LogP contribution in [0.1, 0.15) is 24.5 Å². The average Bonchev–Trinajstić information content (AvgIpc) is 3.26. The Kier molecular flexibility index (Phi) is 4.33. The number of imidazole rings is 1. The molecule has 0 bridgehead atoms. The van der Waals surface area contributed by atoms with Crippen molar-refractivity contribution in [2.24, 2.45) is 0 Å². The summed E-state index contributed by atoms with van der Waals surface area (Å²) >= 11 is 0. The van der Waals surface area contributed by atoms with Gasteiger partial charge in [-0.1, -0.05) is 23.4 Å². The van der Waals surface area contributed by atoms with Crippen molar-refractivity contribution in [3.8, 4) is 11.4 Å². The Morgan fingerprint density at radius 2 is 2.20 bits per heavy atom. The van der Waals surface area contributed by atoms with Crippen LogP contribution in [0.5, 0.6) is 0 Å². The third-order valence-corrected chi connectivity index (χ3v) is 4.27. The number of rotatable bonds is 4. The molecular formula is C18H21N5O2. The summed E-state index contributed by atoms with van der Waals surface area (Å²) in [5, 5.41) is 4.15. The first-order valence-corrected chi connectivity index (χ1v) is 8.40. The number of benzene rings is 1. The smallest absolute Gasteiger partial charge is 0.257 e. The van der Waals surface area contributed by atoms with E-state index in [2.05, 4.69) is 46.1 Å². The molecule has 130 valence electrons. The lowest BCUT2D eigenvalue weighted by molar-refractivity contribution is -0.0838. The molecule has 3 heterocycles. The maximum atomic E-state index is 5.94. The van der Waals surface area contributed by atoms with Gasteiger partial charge in [0.1, 0.15) is 6.10 Å². The van der Waals surface area contributed by atoms with Crippen molar-refractivity contribution in [3.05, 3.63) is 54.4 Å². The SMILES string of the molecule is C[C@@H]1CN(C)C[C@H](c2nc(-c3cccc(Cn4ccnc4)c3)no2)O1. The molecular weight excluding hydrogens is 318 g/mol. The van der Waals surface area contributed by atoms with Crippen LogP contribution in [0.4, 0.5) is 0 Å². The van der Waals surface area contributed by atoms with E-state index in [1.807, 2.05) is 22.9 Å². The molecule has 7 nitrogen and oxygen atoms in total. The van der Waals surface area contributed by atoms with E-state index < -0.39 is 0 Å². The average molecular weight is 339 g/mol. The van der Waals surface area contributed by atoms with Crippen LogP contribution in [-0.4, -0.2) is 50.8 Å². The highest BCUT2D eigenvalue weighted by molar-refractivity contribution is 5.55. The van der Waals surface area contributed by atoms with Crippen LogP contribution in [0.3, 0.4) is 0 Å². The van der Waals surface area contributed by atoms with Crippen LogP contribution in [0.15, 0.2) is 47.5 Å². The van der Waals surface area contributed by atoms with E-state index in [9.17, 15) is 0 Å². The molecule has 1 saturated heterocycles. The van der Waals surface area contributed by atoms with Crippen molar-refractivity contribution < 1.29 is 9.26 Å². The summed E-state index contributed by atoms with van der Waals surface area (Å²) in [6, 6.07) is 8.14. The second-order valence-electron chi connectivity index (χ2n) is 6.55. The molecule has 0 saturated carbocycles. The Balaban J connectivity index is 1.53. The molecule has 0 N–H and O–H groups in total. The lowest BCUT2D eigenvalue weighted by Gasteiger charge is -2.32. The number of hydrogen-bond acceptors (Lipinski definition) is 6. The maximum Gasteiger partial charge on any atom is 0.257 e. The van der Waals surface area contributed by atoms with E-state index in [0.29, 0.717) is 11.7 Å². The first kappa shape index (κ1) is 16.0. The molecule has 25 heavy (non-hydrogen) atoms. The van der Waals surface area contributed by atoms with E-state index in [1.165, 1.54) is 0 Å². The third-order valence-electron chi connectivity index (χ3n) is 4.27. The number of nitrogens with zero attached hydrogens (tertiary/aromatic N) is 5. The van der Waals surface area contributed by atoms with Crippen molar-refractivity contribution in [2.45, 2.75) is 25.7 Å². The zero-order valence-corrected chi connectivity index (χ0v) is 14.4. The van der Waals surface area contributed by atoms with Gasteiger partial charge in [0.2, 0.25) is 5.82 Å². The highest BCUT2D eigenvalue weighted by atomic mass is 16.5. The quantitative estimate of drug-likeness (QED) is 0.727. The first-order chi connectivity index (χ1) is 12.2. The van der Waals surface area contributed by atoms with Crippen molar-refractivity contribution in [3.63, 3.8) is 0 Å². The zero-order valence-electron chi connectivity index (χ0n) is 14.4. The second-order valence-corrected chi connectivity index (χ2v) is 6.55. The lowest BCUT2D eigenvalue weighted by atomic mass is 10.1. The molecule has 0 aliphatic carbocycles. The molecule has 1 aromatic carbocycles. The Bertz CT molecular complexity index is 820. The fourth-order valence-electron chi connectivity index (χ4n) is 3.18. The minimum Gasteiger partial charge on any atom is -0.363 e. The molecule has 1 aliphatic heterocycles. The largest absolute Gasteiger partial charge is 0.363 e. The maximum absolute atomic E-state index is 5.94. The van der Waals surface area contributed by atoms with Crippen LogP contribution in [0.25, 0.3) is 11.4 Å². The van der Waals surface area contributed by atoms with Crippen LogP contribution < -0.4 is 0 Å². The van der Waals surface area contributed by atoms with E-state index in [1.54, 1.807) is 12.5 Å². The summed E-state index contributed by atoms with van der Waals surface area (Å²) in [5.41, 5.74) is 2.09. The van der Waals surface area contributed by atoms with Gasteiger partial charge in [0.25, 0.3) is 5.89 Å². The molecule has 0 unspecified atom stereocenters. The van der Waals surface area contributed by atoms with E-state index in [-0.39, 0.29) is 12.2 Å². The van der Waals surface area contributed by atoms with Gasteiger partial charge < -0.3 is 18.7 Å². The van der Waals surface area contributed by atoms with Gasteiger partial charge in [-0.05, 0) is 25.6 Å². The van der Waals surface area contributed by atoms with E-state index in [0.717, 1.165) is 30.8 Å². The summed E-state index contributed by atoms with van der Waals surface area (Å²) < 4.78 is 13.4. The molecule has 1 aliphatic rings. The number of ether oxygens (including phenoxy) is 1. The fourth-order valence-corrected chi connectivity index (χ4v) is 3.18. The number of likely N-dealkylation sites (N-methyl/N-ethyl adjacent to an activating group) is 1. The fraction of sp³-hybridized carbons (Fsp3) is 0.389. The van der Waals surface area contributed by atoms with E-state index in [4.69, 9.17) is 9.26 Å². The van der Waals surface area contributed by atoms with Gasteiger partial charge in [-0.25, -0.2) is 4.98 Å². The van der Waals surface area contributed by atoms with Crippen molar-refractivity contribution in [1.82, 2.24) is 24.6 Å². The van der Waals surface area contributed by atoms with Gasteiger partial charge in [-0.2, -0.15) is 4.98 Å². The number of hydrogen-bond donors (Lipinski definition) is 0. The summed E-state index contributed by atoms with van der Waals surface area (Å²) in [6.07, 6.45) is 5.49. The summed E-state index contributed by atoms with van der Waals surface area (Å²) in [6.45, 7) is 4.48. The van der Waals surface area contributed by atoms with Crippen LogP contribution in [0, 0.1) is 0 Å². The third kappa shape index (κ3) is 3.62. The van der Waals surface area contributed by atoms with E-state index >= 15 is 0 Å². The molecule has 7 heteroatoms. The summed E-state index contributed by atoms with van der Waals surface area (Å²) in [4.78, 5) is 10.9. The lowest BCUT2D eigenvalue weighted by Crippen LogP contribution is -2.40. The standard InChI is InChI=1S/C18H21N5O2/c1-13-9-22(2)11-16(24-13)18-20-17(21-25-18)15-5-3-4-14(8-15)10-23-7-6-19-12-23/h3-8,12-13,16H,9-11H2,1-2H3/t13-,16-/m1/s1. The molecule has 0 spiro atoms. The number of morpholine rings is 1. The second kappa shape index (κ2) is 6.78. The Hall–Kier alpha value is -2.51. The molecule has 4 rings (SSSR count). The minimum absolute atomic E-state index is 0.151. The van der Waals surface area contributed by atoms with Gasteiger partial charge in [0, 0.05) is 37.6 Å². The Morgan fingerprint density at radius 3 is 3.00 bits per heavy atom. The minimum atomic E-state index is -0.177. The molecule has 2 atom stereocenters. The molecule has 0 radical (unpaired) electrons. The summed E-state index contributed by atoms with van der Waals surface area (Å²) in [5.74, 6) is 1.13. The molecule has 2 aromatic heterocycles. The Morgan fingerprint density at radius 1 is 1.28 bits per heavy atom. The van der Waals surface area contributed by atoms with Gasteiger partial charge in [0.05, 0.1) is 12.4 Å². The molecule has 0 amide bonds. The monoisotopic (exact) mass is 339 g/mol. The normalized spacial score (nSPS) is 21.5. The highest BCUT2D eigenvalue weighted by Gasteiger charge is 2.28. The van der Waals surface area contributed by atoms with Crippen molar-refractivity contribution in [1.29, 1.82) is 0 Å². The van der Waals surface area contributed by atoms with Gasteiger partial charge in [-0.3, -0.25) is 0 Å². The van der Waals surface area contributed by atoms with Crippen LogP contribution in [0.2, 0.25) is 0 Å². The predicted octanol–water partition coefficient (Wildman–Crippen LogP) is 2.37. The number of aromatic nitrogens is 4. The summed E-state index contributed by atoms with van der Waals surface area (Å²) in [7, 11) is 2.07. The topological polar surface area (TPSA) is 69.2 Å². The first-order valence-electron chi connectivity index (χ1n) is 8.40. The van der Waals surface area contributed by atoms with Crippen molar-refractivity contribution >= 4 is 0 Å². The molecule has 3 aromatic rings. The van der Waals surface area contributed by atoms with Crippen molar-refractivity contribution in [2.75, 3.05) is 20.1 Å². The van der Waals surface area contributed by atoms with Gasteiger partial charge in [0.15, 0.2) is 0 Å². The van der Waals surface area contributed by atoms with Crippen LogP contribution >= 0.6 is 0 Å². The van der Waals surface area contributed by atoms with Crippen LogP contribution in [-0.2, 0) is 11.3 Å². The Labute approximate surface area is 146 Å². The van der Waals surface area contributed by atoms with Gasteiger partial charge in [-0.15, -0.1) is 0 Å². The molecule has 1 fully saturated rings. The van der Waals surface area contributed by atoms with Gasteiger partial charge >= 0.3 is 0 Å². The zero-order chi connectivity index (χ0) is 17.2.